The van der Waals surface area contributed by atoms with E-state index in [2.05, 4.69) is 0 Å². The van der Waals surface area contributed by atoms with Gasteiger partial charge in [0.05, 0.1) is 23.9 Å². The molecule has 3 aromatic rings. The number of carbonyl (C=O) groups excluding carboxylic acids is 3. The Morgan fingerprint density at radius 3 is 2.58 bits per heavy atom. The van der Waals surface area contributed by atoms with Crippen molar-refractivity contribution in [2.75, 3.05) is 16.6 Å². The van der Waals surface area contributed by atoms with Crippen LogP contribution in [0.15, 0.2) is 48.5 Å². The third kappa shape index (κ3) is 4.02. The summed E-state index contributed by atoms with van der Waals surface area (Å²) in [5.41, 5.74) is 2.51. The average molecular weight is 571 g/mol. The third-order valence-electron chi connectivity index (χ3n) is 7.24. The van der Waals surface area contributed by atoms with Gasteiger partial charge in [-0.1, -0.05) is 47.5 Å². The average Bonchev–Trinajstić information content (AvgIpc) is 3.55. The molecular weight excluding hydrogens is 547 g/mol. The van der Waals surface area contributed by atoms with Gasteiger partial charge in [-0.25, -0.2) is 14.8 Å². The molecule has 2 aromatic carbocycles. The fourth-order valence-corrected chi connectivity index (χ4v) is 7.50. The predicted octanol–water partition coefficient (Wildman–Crippen LogP) is 6.16. The molecule has 0 bridgehead atoms. The first-order valence-electron chi connectivity index (χ1n) is 12.6. The summed E-state index contributed by atoms with van der Waals surface area (Å²) in [6, 6.07) is 13.6. The molecule has 10 heteroatoms. The van der Waals surface area contributed by atoms with E-state index >= 15 is 0 Å². The van der Waals surface area contributed by atoms with Crippen molar-refractivity contribution in [2.45, 2.75) is 44.8 Å². The van der Waals surface area contributed by atoms with Crippen molar-refractivity contribution in [1.82, 2.24) is 0 Å². The molecule has 3 heterocycles. The zero-order chi connectivity index (χ0) is 26.6. The van der Waals surface area contributed by atoms with Gasteiger partial charge in [-0.3, -0.25) is 14.4 Å². The Hall–Kier alpha value is -2.91. The van der Waals surface area contributed by atoms with Crippen molar-refractivity contribution in [2.24, 2.45) is 5.92 Å². The van der Waals surface area contributed by atoms with E-state index in [-0.39, 0.29) is 6.61 Å². The number of amides is 2. The van der Waals surface area contributed by atoms with Gasteiger partial charge in [0.1, 0.15) is 10.9 Å². The van der Waals surface area contributed by atoms with Gasteiger partial charge in [0.2, 0.25) is 5.91 Å². The molecule has 0 spiro atoms. The van der Waals surface area contributed by atoms with Gasteiger partial charge in [0, 0.05) is 14.9 Å². The molecule has 1 aliphatic carbocycles. The molecule has 196 valence electrons. The summed E-state index contributed by atoms with van der Waals surface area (Å²) in [6.45, 7) is 1.93. The molecule has 2 aliphatic heterocycles. The van der Waals surface area contributed by atoms with Gasteiger partial charge in [0.25, 0.3) is 5.91 Å². The highest BCUT2D eigenvalue weighted by molar-refractivity contribution is 7.17. The number of halogens is 2. The van der Waals surface area contributed by atoms with E-state index in [0.717, 1.165) is 34.6 Å². The van der Waals surface area contributed by atoms with Crippen LogP contribution in [-0.4, -0.2) is 30.5 Å². The second kappa shape index (κ2) is 10.0. The summed E-state index contributed by atoms with van der Waals surface area (Å²) < 4.78 is 5.36. The largest absolute Gasteiger partial charge is 0.462 e. The number of ether oxygens (including phenoxy) is 1. The highest BCUT2D eigenvalue weighted by atomic mass is 35.5. The quantitative estimate of drug-likeness (QED) is 0.270. The Kier molecular flexibility index (Phi) is 6.68. The van der Waals surface area contributed by atoms with Crippen molar-refractivity contribution in [3.05, 3.63) is 80.1 Å². The summed E-state index contributed by atoms with van der Waals surface area (Å²) in [7, 11) is 0. The number of rotatable bonds is 5. The van der Waals surface area contributed by atoms with Crippen LogP contribution in [0.25, 0.3) is 0 Å². The Labute approximate surface area is 233 Å². The van der Waals surface area contributed by atoms with Gasteiger partial charge in [-0.2, -0.15) is 0 Å². The van der Waals surface area contributed by atoms with Gasteiger partial charge >= 0.3 is 5.97 Å². The van der Waals surface area contributed by atoms with Crippen molar-refractivity contribution in [3.8, 4) is 0 Å². The van der Waals surface area contributed by atoms with Crippen molar-refractivity contribution >= 4 is 63.0 Å². The Morgan fingerprint density at radius 1 is 1.08 bits per heavy atom. The first kappa shape index (κ1) is 25.4. The molecule has 1 aromatic heterocycles. The van der Waals surface area contributed by atoms with E-state index in [0.29, 0.717) is 38.3 Å². The fourth-order valence-electron chi connectivity index (χ4n) is 5.59. The molecule has 38 heavy (non-hydrogen) atoms. The molecule has 7 nitrogen and oxygen atoms in total. The molecule has 0 saturated carbocycles. The first-order chi connectivity index (χ1) is 18.4. The monoisotopic (exact) mass is 570 g/mol. The maximum atomic E-state index is 14.2. The zero-order valence-corrected chi connectivity index (χ0v) is 22.8. The van der Waals surface area contributed by atoms with Crippen LogP contribution >= 0.6 is 34.5 Å². The molecule has 3 atom stereocenters. The van der Waals surface area contributed by atoms with Crippen LogP contribution in [0.1, 0.15) is 52.2 Å². The molecule has 2 saturated heterocycles. The molecule has 2 fully saturated rings. The molecule has 0 N–H and O–H groups in total. The van der Waals surface area contributed by atoms with E-state index < -0.39 is 35.8 Å². The maximum Gasteiger partial charge on any atom is 0.341 e. The molecule has 2 amide bonds. The van der Waals surface area contributed by atoms with Gasteiger partial charge < -0.3 is 4.74 Å². The second-order valence-electron chi connectivity index (χ2n) is 9.45. The summed E-state index contributed by atoms with van der Waals surface area (Å²) in [5, 5.41) is 2.74. The molecule has 0 unspecified atom stereocenters. The summed E-state index contributed by atoms with van der Waals surface area (Å²) >= 11 is 14.1. The second-order valence-corrected chi connectivity index (χ2v) is 11.4. The number of carbonyl (C=O) groups is 3. The lowest BCUT2D eigenvalue weighted by Gasteiger charge is -2.29. The minimum atomic E-state index is -1.08. The lowest BCUT2D eigenvalue weighted by molar-refractivity contribution is -0.126. The van der Waals surface area contributed by atoms with Crippen molar-refractivity contribution < 1.29 is 24.0 Å². The molecule has 0 radical (unpaired) electrons. The van der Waals surface area contributed by atoms with Gasteiger partial charge in [-0.15, -0.1) is 11.3 Å². The maximum absolute atomic E-state index is 14.2. The topological polar surface area (TPSA) is 76.2 Å². The molecular formula is C28H24Cl2N2O5S. The molecule has 3 aliphatic rings. The van der Waals surface area contributed by atoms with Crippen LogP contribution in [0.3, 0.4) is 0 Å². The number of aryl methyl sites for hydroxylation is 1. The minimum absolute atomic E-state index is 0.197. The number of benzene rings is 2. The number of imide groups is 1. The number of thiophene rings is 1. The Bertz CT molecular complexity index is 1440. The third-order valence-corrected chi connectivity index (χ3v) is 9.08. The van der Waals surface area contributed by atoms with E-state index in [1.807, 2.05) is 30.3 Å². The smallest absolute Gasteiger partial charge is 0.341 e. The van der Waals surface area contributed by atoms with E-state index in [1.54, 1.807) is 30.2 Å². The summed E-state index contributed by atoms with van der Waals surface area (Å²) in [4.78, 5) is 49.5. The standard InChI is InChI=1S/C28H24Cl2N2O5S/c1-2-36-28(35)21-18-10-6-7-11-20(18)38-27(21)31-25(33)22-23(17-13-12-15(29)14-19(17)30)32(37-24(22)26(31)34)16-8-4-3-5-9-16/h3-5,8-9,12-14,22-24H,2,6-7,10-11H2,1H3/t22-,23-,24-/m0/s1. The van der Waals surface area contributed by atoms with Crippen molar-refractivity contribution in [1.29, 1.82) is 0 Å². The Balaban J connectivity index is 1.46. The van der Waals surface area contributed by atoms with Crippen LogP contribution in [0.5, 0.6) is 0 Å². The van der Waals surface area contributed by atoms with Crippen LogP contribution in [0.2, 0.25) is 10.0 Å². The number of anilines is 2. The van der Waals surface area contributed by atoms with Crippen LogP contribution in [-0.2, 0) is 32.0 Å². The SMILES string of the molecule is CCOC(=O)c1c(N2C(=O)[C@@H]3[C@H](ON(c4ccccc4)[C@H]3c3ccc(Cl)cc3Cl)C2=O)sc2c1CCCC2. The zero-order valence-electron chi connectivity index (χ0n) is 20.5. The summed E-state index contributed by atoms with van der Waals surface area (Å²) in [6.07, 6.45) is 2.37. The lowest BCUT2D eigenvalue weighted by atomic mass is 9.90. The summed E-state index contributed by atoms with van der Waals surface area (Å²) in [5.74, 6) is -2.32. The van der Waals surface area contributed by atoms with Gasteiger partial charge in [0.15, 0.2) is 6.10 Å². The Morgan fingerprint density at radius 2 is 1.84 bits per heavy atom. The number of esters is 1. The fraction of sp³-hybridized carbons (Fsp3) is 0.321. The number of hydrogen-bond donors (Lipinski definition) is 0. The lowest BCUT2D eigenvalue weighted by Crippen LogP contribution is -2.37. The van der Waals surface area contributed by atoms with Gasteiger partial charge in [-0.05, 0) is 68.0 Å². The highest BCUT2D eigenvalue weighted by Gasteiger charge is 2.61. The number of nitrogens with zero attached hydrogens (tertiary/aromatic N) is 2. The minimum Gasteiger partial charge on any atom is -0.462 e. The first-order valence-corrected chi connectivity index (χ1v) is 14.1. The van der Waals surface area contributed by atoms with Crippen molar-refractivity contribution in [3.63, 3.8) is 0 Å². The number of fused-ring (bicyclic) bond motifs is 2. The number of hydrogen-bond acceptors (Lipinski definition) is 7. The molecule has 6 rings (SSSR count). The van der Waals surface area contributed by atoms with E-state index in [4.69, 9.17) is 32.8 Å². The number of para-hydroxylation sites is 1. The van der Waals surface area contributed by atoms with E-state index in [9.17, 15) is 14.4 Å². The van der Waals surface area contributed by atoms with Crippen LogP contribution < -0.4 is 9.96 Å². The van der Waals surface area contributed by atoms with E-state index in [1.165, 1.54) is 11.3 Å². The predicted molar refractivity (Wildman–Crippen MR) is 146 cm³/mol. The normalized spacial score (nSPS) is 22.6. The highest BCUT2D eigenvalue weighted by Crippen LogP contribution is 2.51. The van der Waals surface area contributed by atoms with Crippen LogP contribution in [0, 0.1) is 5.92 Å². The number of hydroxylamine groups is 1. The van der Waals surface area contributed by atoms with Crippen LogP contribution in [0.4, 0.5) is 10.7 Å².